The van der Waals surface area contributed by atoms with Gasteiger partial charge in [0.2, 0.25) is 11.0 Å². The Morgan fingerprint density at radius 3 is 2.70 bits per heavy atom. The van der Waals surface area contributed by atoms with Crippen LogP contribution in [0.25, 0.3) is 0 Å². The Balaban J connectivity index is 1.50. The zero-order valence-electron chi connectivity index (χ0n) is 14.8. The molecule has 1 aromatic carbocycles. The summed E-state index contributed by atoms with van der Waals surface area (Å²) in [7, 11) is 1.87. The molecular weight excluding hydrogens is 406 g/mol. The molecule has 8 nitrogen and oxygen atoms in total. The van der Waals surface area contributed by atoms with Crippen molar-refractivity contribution in [2.24, 2.45) is 7.05 Å². The number of aromatic nitrogens is 5. The minimum Gasteiger partial charge on any atom is -0.378 e. The van der Waals surface area contributed by atoms with Gasteiger partial charge in [0.15, 0.2) is 11.0 Å². The Morgan fingerprint density at radius 2 is 2.00 bits per heavy atom. The molecule has 2 N–H and O–H groups in total. The van der Waals surface area contributed by atoms with Gasteiger partial charge < -0.3 is 9.88 Å². The van der Waals surface area contributed by atoms with Crippen molar-refractivity contribution >= 4 is 51.4 Å². The molecule has 0 unspecified atom stereocenters. The molecule has 0 saturated carbocycles. The number of anilines is 2. The first kappa shape index (κ1) is 19.6. The average molecular weight is 424 g/mol. The lowest BCUT2D eigenvalue weighted by Crippen LogP contribution is -2.14. The summed E-state index contributed by atoms with van der Waals surface area (Å²) in [5.74, 6) is 0.838. The molecule has 2 heterocycles. The van der Waals surface area contributed by atoms with E-state index in [-0.39, 0.29) is 11.7 Å². The van der Waals surface area contributed by atoms with E-state index in [1.807, 2.05) is 42.8 Å². The highest BCUT2D eigenvalue weighted by Crippen LogP contribution is 2.19. The second kappa shape index (κ2) is 9.16. The van der Waals surface area contributed by atoms with Crippen molar-refractivity contribution < 1.29 is 4.79 Å². The van der Waals surface area contributed by atoms with Crippen LogP contribution in [0.5, 0.6) is 0 Å². The van der Waals surface area contributed by atoms with E-state index < -0.39 is 0 Å². The van der Waals surface area contributed by atoms with Crippen molar-refractivity contribution in [2.75, 3.05) is 16.4 Å². The molecule has 0 saturated heterocycles. The van der Waals surface area contributed by atoms with Crippen molar-refractivity contribution in [3.05, 3.63) is 40.1 Å². The van der Waals surface area contributed by atoms with Crippen molar-refractivity contribution in [3.63, 3.8) is 0 Å². The predicted molar refractivity (Wildman–Crippen MR) is 108 cm³/mol. The van der Waals surface area contributed by atoms with Crippen molar-refractivity contribution in [1.29, 1.82) is 0 Å². The maximum absolute atomic E-state index is 12.1. The van der Waals surface area contributed by atoms with E-state index in [1.54, 1.807) is 0 Å². The minimum absolute atomic E-state index is 0.150. The molecule has 0 aliphatic rings. The number of amides is 1. The molecule has 0 aliphatic carbocycles. The predicted octanol–water partition coefficient (Wildman–Crippen LogP) is 3.23. The lowest BCUT2D eigenvalue weighted by molar-refractivity contribution is -0.113. The van der Waals surface area contributed by atoms with Gasteiger partial charge in [-0.25, -0.2) is 0 Å². The summed E-state index contributed by atoms with van der Waals surface area (Å²) in [6, 6.07) is 7.44. The van der Waals surface area contributed by atoms with E-state index in [0.717, 1.165) is 22.9 Å². The number of hydrogen-bond acceptors (Lipinski definition) is 8. The lowest BCUT2D eigenvalue weighted by atomic mass is 10.3. The standard InChI is InChI=1S/C16H18ClN7OS2/c1-3-14-21-22-15(27-14)19-13(25)9-26-16-23-20-12(24(16)2)8-18-11-6-4-10(17)5-7-11/h4-7,18H,3,8-9H2,1-2H3,(H,19,22,25). The van der Waals surface area contributed by atoms with Gasteiger partial charge >= 0.3 is 0 Å². The maximum Gasteiger partial charge on any atom is 0.236 e. The Morgan fingerprint density at radius 1 is 1.22 bits per heavy atom. The van der Waals surface area contributed by atoms with E-state index in [1.165, 1.54) is 23.1 Å². The number of rotatable bonds is 8. The van der Waals surface area contributed by atoms with E-state index in [2.05, 4.69) is 31.0 Å². The van der Waals surface area contributed by atoms with Gasteiger partial charge in [-0.3, -0.25) is 10.1 Å². The Labute approximate surface area is 169 Å². The van der Waals surface area contributed by atoms with Gasteiger partial charge in [-0.15, -0.1) is 20.4 Å². The molecule has 2 aromatic heterocycles. The van der Waals surface area contributed by atoms with Crippen LogP contribution >= 0.6 is 34.7 Å². The molecule has 0 radical (unpaired) electrons. The fourth-order valence-electron chi connectivity index (χ4n) is 2.11. The van der Waals surface area contributed by atoms with Gasteiger partial charge in [0, 0.05) is 17.8 Å². The molecule has 0 atom stereocenters. The first-order chi connectivity index (χ1) is 13.0. The van der Waals surface area contributed by atoms with E-state index in [0.29, 0.717) is 21.9 Å². The number of nitrogens with zero attached hydrogens (tertiary/aromatic N) is 5. The summed E-state index contributed by atoms with van der Waals surface area (Å²) in [5, 5.41) is 25.0. The number of benzene rings is 1. The summed E-state index contributed by atoms with van der Waals surface area (Å²) in [6.45, 7) is 2.51. The topological polar surface area (TPSA) is 97.6 Å². The number of aryl methyl sites for hydroxylation is 1. The largest absolute Gasteiger partial charge is 0.378 e. The zero-order chi connectivity index (χ0) is 19.2. The van der Waals surface area contributed by atoms with E-state index >= 15 is 0 Å². The third kappa shape index (κ3) is 5.41. The Kier molecular flexibility index (Phi) is 6.64. The van der Waals surface area contributed by atoms with Crippen LogP contribution in [0.15, 0.2) is 29.4 Å². The number of carbonyl (C=O) groups excluding carboxylic acids is 1. The molecule has 0 aliphatic heterocycles. The van der Waals surface area contributed by atoms with Crippen LogP contribution in [-0.4, -0.2) is 36.6 Å². The smallest absolute Gasteiger partial charge is 0.236 e. The van der Waals surface area contributed by atoms with Gasteiger partial charge in [-0.05, 0) is 30.7 Å². The molecule has 1 amide bonds. The highest BCUT2D eigenvalue weighted by molar-refractivity contribution is 7.99. The fraction of sp³-hybridized carbons (Fsp3) is 0.312. The van der Waals surface area contributed by atoms with Gasteiger partial charge in [-0.1, -0.05) is 41.6 Å². The molecule has 0 spiro atoms. The van der Waals surface area contributed by atoms with Crippen LogP contribution in [0.3, 0.4) is 0 Å². The summed E-state index contributed by atoms with van der Waals surface area (Å²) in [4.78, 5) is 12.1. The molecule has 0 fully saturated rings. The molecule has 27 heavy (non-hydrogen) atoms. The minimum atomic E-state index is -0.150. The van der Waals surface area contributed by atoms with Crippen molar-refractivity contribution in [2.45, 2.75) is 25.0 Å². The van der Waals surface area contributed by atoms with Crippen LogP contribution in [0.1, 0.15) is 17.8 Å². The highest BCUT2D eigenvalue weighted by Gasteiger charge is 2.13. The Bertz CT molecular complexity index is 910. The SMILES string of the molecule is CCc1nnc(NC(=O)CSc2nnc(CNc3ccc(Cl)cc3)n2C)s1. The molecule has 3 rings (SSSR count). The molecule has 142 valence electrons. The second-order valence-electron chi connectivity index (χ2n) is 5.51. The third-order valence-electron chi connectivity index (χ3n) is 3.57. The van der Waals surface area contributed by atoms with Gasteiger partial charge in [0.1, 0.15) is 5.01 Å². The monoisotopic (exact) mass is 423 g/mol. The fourth-order valence-corrected chi connectivity index (χ4v) is 3.66. The zero-order valence-corrected chi connectivity index (χ0v) is 17.2. The second-order valence-corrected chi connectivity index (χ2v) is 7.95. The molecule has 11 heteroatoms. The maximum atomic E-state index is 12.1. The van der Waals surface area contributed by atoms with Crippen LogP contribution in [0, 0.1) is 0 Å². The van der Waals surface area contributed by atoms with Gasteiger partial charge in [-0.2, -0.15) is 0 Å². The van der Waals surface area contributed by atoms with E-state index in [4.69, 9.17) is 11.6 Å². The summed E-state index contributed by atoms with van der Waals surface area (Å²) in [6.07, 6.45) is 0.800. The third-order valence-corrected chi connectivity index (χ3v) is 5.82. The van der Waals surface area contributed by atoms with Gasteiger partial charge in [0.05, 0.1) is 12.3 Å². The van der Waals surface area contributed by atoms with Crippen molar-refractivity contribution in [1.82, 2.24) is 25.0 Å². The first-order valence-electron chi connectivity index (χ1n) is 8.18. The number of halogens is 1. The summed E-state index contributed by atoms with van der Waals surface area (Å²) < 4.78 is 1.86. The number of nitrogens with one attached hydrogen (secondary N) is 2. The van der Waals surface area contributed by atoms with Crippen LogP contribution in [-0.2, 0) is 24.8 Å². The van der Waals surface area contributed by atoms with Crippen LogP contribution in [0.4, 0.5) is 10.8 Å². The summed E-state index contributed by atoms with van der Waals surface area (Å²) in [5.41, 5.74) is 0.944. The molecule has 0 bridgehead atoms. The van der Waals surface area contributed by atoms with E-state index in [9.17, 15) is 4.79 Å². The number of carbonyl (C=O) groups is 1. The van der Waals surface area contributed by atoms with Crippen LogP contribution < -0.4 is 10.6 Å². The summed E-state index contributed by atoms with van der Waals surface area (Å²) >= 11 is 8.58. The Hall–Kier alpha value is -2.17. The lowest BCUT2D eigenvalue weighted by Gasteiger charge is -2.07. The number of thioether (sulfide) groups is 1. The van der Waals surface area contributed by atoms with Gasteiger partial charge in [0.25, 0.3) is 0 Å². The van der Waals surface area contributed by atoms with Crippen LogP contribution in [0.2, 0.25) is 5.02 Å². The quantitative estimate of drug-likeness (QED) is 0.536. The molecule has 3 aromatic rings. The average Bonchev–Trinajstić information content (AvgIpc) is 3.26. The highest BCUT2D eigenvalue weighted by atomic mass is 35.5. The normalized spacial score (nSPS) is 10.8. The molecular formula is C16H18ClN7OS2. The first-order valence-corrected chi connectivity index (χ1v) is 10.4. The van der Waals surface area contributed by atoms with Crippen molar-refractivity contribution in [3.8, 4) is 0 Å². The number of hydrogen-bond donors (Lipinski definition) is 2.